The molecule has 1 aliphatic heterocycles. The zero-order valence-electron chi connectivity index (χ0n) is 29.0. The minimum absolute atomic E-state index is 0.00406. The van der Waals surface area contributed by atoms with Crippen molar-refractivity contribution in [1.29, 1.82) is 0 Å². The van der Waals surface area contributed by atoms with Crippen LogP contribution in [0.3, 0.4) is 0 Å². The van der Waals surface area contributed by atoms with Crippen molar-refractivity contribution in [2.45, 2.75) is 117 Å². The van der Waals surface area contributed by atoms with Gasteiger partial charge in [0.1, 0.15) is 23.8 Å². The number of amides is 3. The van der Waals surface area contributed by atoms with Gasteiger partial charge in [0, 0.05) is 50.3 Å². The van der Waals surface area contributed by atoms with Crippen LogP contribution in [0.2, 0.25) is 0 Å². The summed E-state index contributed by atoms with van der Waals surface area (Å²) in [5, 5.41) is 24.4. The predicted octanol–water partition coefficient (Wildman–Crippen LogP) is 3.95. The summed E-state index contributed by atoms with van der Waals surface area (Å²) < 4.78 is 17.3. The van der Waals surface area contributed by atoms with Crippen LogP contribution in [0, 0.1) is 17.7 Å². The first-order valence-corrected chi connectivity index (χ1v) is 17.2. The number of nitrogens with zero attached hydrogens (tertiary/aromatic N) is 4. The van der Waals surface area contributed by atoms with Crippen LogP contribution in [-0.2, 0) is 16.1 Å². The maximum atomic E-state index is 15.7. The molecule has 0 radical (unpaired) electrons. The van der Waals surface area contributed by atoms with E-state index in [0.29, 0.717) is 36.8 Å². The number of aromatic nitrogens is 2. The fraction of sp³-hybridized carbons (Fsp3) is 0.657. The Morgan fingerprint density at radius 2 is 1.68 bits per heavy atom. The third-order valence-corrected chi connectivity index (χ3v) is 10.4. The highest BCUT2D eigenvalue weighted by atomic mass is 19.1. The molecule has 1 saturated heterocycles. The zero-order chi connectivity index (χ0) is 34.4. The molecule has 1 saturated carbocycles. The number of piperazine rings is 1. The summed E-state index contributed by atoms with van der Waals surface area (Å²) in [6.07, 6.45) is 4.29. The van der Waals surface area contributed by atoms with Crippen LogP contribution in [0.4, 0.5) is 10.1 Å². The van der Waals surface area contributed by atoms with Crippen molar-refractivity contribution in [2.75, 3.05) is 25.5 Å². The quantitative estimate of drug-likeness (QED) is 0.272. The van der Waals surface area contributed by atoms with Gasteiger partial charge in [-0.25, -0.2) is 4.39 Å². The highest BCUT2D eigenvalue weighted by Crippen LogP contribution is 2.32. The van der Waals surface area contributed by atoms with Crippen molar-refractivity contribution in [2.24, 2.45) is 11.8 Å². The van der Waals surface area contributed by atoms with Crippen LogP contribution >= 0.6 is 0 Å². The SMILES string of the molecule is CCC(=O)N[C@@H](C(O)N1C[C@@H](C)N(C)[C@@H](C)C1)[C@@H](C)c1ccc(NC(=O)[C@@H](NC(=O)c2ccnn2CC)[C@H]2CC[C@H](C)CC2)c(F)c1. The van der Waals surface area contributed by atoms with Gasteiger partial charge in [0.05, 0.1) is 11.7 Å². The molecule has 11 nitrogen and oxygen atoms in total. The summed E-state index contributed by atoms with van der Waals surface area (Å²) in [6, 6.07) is 5.10. The van der Waals surface area contributed by atoms with Gasteiger partial charge < -0.3 is 21.1 Å². The Bertz CT molecular complexity index is 1370. The lowest BCUT2D eigenvalue weighted by molar-refractivity contribution is -0.126. The van der Waals surface area contributed by atoms with Gasteiger partial charge in [-0.3, -0.25) is 28.9 Å². The number of aliphatic hydroxyl groups excluding tert-OH is 1. The second-order valence-corrected chi connectivity index (χ2v) is 13.7. The monoisotopic (exact) mass is 655 g/mol. The Kier molecular flexibility index (Phi) is 12.5. The molecule has 1 unspecified atom stereocenters. The molecule has 1 aliphatic carbocycles. The molecule has 260 valence electrons. The van der Waals surface area contributed by atoms with E-state index in [-0.39, 0.29) is 36.0 Å². The number of aryl methyl sites for hydroxylation is 1. The number of rotatable bonds is 12. The molecule has 1 aromatic carbocycles. The highest BCUT2D eigenvalue weighted by Gasteiger charge is 2.37. The molecule has 1 aromatic heterocycles. The smallest absolute Gasteiger partial charge is 0.270 e. The number of nitrogens with one attached hydrogen (secondary N) is 3. The number of carbonyl (C=O) groups is 3. The van der Waals surface area contributed by atoms with Crippen LogP contribution < -0.4 is 16.0 Å². The number of carbonyl (C=O) groups excluding carboxylic acids is 3. The standard InChI is InChI=1S/C35H54FN7O4/c1-8-30(44)39-31(35(47)42-19-22(4)41(7)23(5)20-42)24(6)26-14-15-28(27(36)18-26)38-34(46)32(25-12-10-21(3)11-13-25)40-33(45)29-16-17-37-43(29)9-2/h14-18,21-25,31-32,35,47H,8-13,19-20H2,1-7H3,(H,38,46)(H,39,44)(H,40,45)/t21-,22-,23+,24-,25-,31+,32-,35?/m0/s1. The second-order valence-electron chi connectivity index (χ2n) is 13.7. The van der Waals surface area contributed by atoms with E-state index in [9.17, 15) is 19.5 Å². The average molecular weight is 656 g/mol. The molecule has 12 heteroatoms. The summed E-state index contributed by atoms with van der Waals surface area (Å²) in [4.78, 5) is 43.8. The molecule has 0 spiro atoms. The number of hydrogen-bond acceptors (Lipinski definition) is 7. The average Bonchev–Trinajstić information content (AvgIpc) is 3.54. The van der Waals surface area contributed by atoms with Crippen LogP contribution in [0.15, 0.2) is 30.5 Å². The molecule has 3 amide bonds. The molecule has 2 fully saturated rings. The number of benzene rings is 1. The van der Waals surface area contributed by atoms with Crippen molar-refractivity contribution < 1.29 is 23.9 Å². The van der Waals surface area contributed by atoms with E-state index in [4.69, 9.17) is 0 Å². The number of hydrogen-bond donors (Lipinski definition) is 4. The number of halogens is 1. The Morgan fingerprint density at radius 1 is 1.02 bits per heavy atom. The van der Waals surface area contributed by atoms with Gasteiger partial charge in [0.15, 0.2) is 0 Å². The maximum absolute atomic E-state index is 15.7. The fourth-order valence-electron chi connectivity index (χ4n) is 6.98. The first-order valence-electron chi connectivity index (χ1n) is 17.2. The van der Waals surface area contributed by atoms with Crippen LogP contribution in [0.25, 0.3) is 0 Å². The van der Waals surface area contributed by atoms with E-state index in [1.54, 1.807) is 29.9 Å². The normalized spacial score (nSPS) is 25.0. The van der Waals surface area contributed by atoms with Gasteiger partial charge >= 0.3 is 0 Å². The van der Waals surface area contributed by atoms with E-state index < -0.39 is 41.9 Å². The van der Waals surface area contributed by atoms with Gasteiger partial charge in [-0.1, -0.05) is 39.7 Å². The topological polar surface area (TPSA) is 132 Å². The zero-order valence-corrected chi connectivity index (χ0v) is 29.0. The summed E-state index contributed by atoms with van der Waals surface area (Å²) in [7, 11) is 2.06. The predicted molar refractivity (Wildman–Crippen MR) is 180 cm³/mol. The minimum atomic E-state index is -0.979. The molecule has 4 rings (SSSR count). The molecular weight excluding hydrogens is 601 g/mol. The molecule has 4 N–H and O–H groups in total. The third-order valence-electron chi connectivity index (χ3n) is 10.4. The minimum Gasteiger partial charge on any atom is -0.376 e. The van der Waals surface area contributed by atoms with Crippen molar-refractivity contribution >= 4 is 23.4 Å². The fourth-order valence-corrected chi connectivity index (χ4v) is 6.98. The van der Waals surface area contributed by atoms with Crippen LogP contribution in [0.5, 0.6) is 0 Å². The lowest BCUT2D eigenvalue weighted by Gasteiger charge is -2.46. The Morgan fingerprint density at radius 3 is 2.28 bits per heavy atom. The van der Waals surface area contributed by atoms with Gasteiger partial charge in [-0.05, 0) is 76.3 Å². The number of likely N-dealkylation sites (N-methyl/N-ethyl adjacent to an activating group) is 1. The van der Waals surface area contributed by atoms with Crippen molar-refractivity contribution in [1.82, 2.24) is 30.2 Å². The molecular formula is C35H54FN7O4. The van der Waals surface area contributed by atoms with Crippen molar-refractivity contribution in [3.8, 4) is 0 Å². The van der Waals surface area contributed by atoms with E-state index >= 15 is 4.39 Å². The van der Waals surface area contributed by atoms with E-state index in [2.05, 4.69) is 53.8 Å². The van der Waals surface area contributed by atoms with Gasteiger partial charge in [0.2, 0.25) is 11.8 Å². The Balaban J connectivity index is 1.53. The lowest BCUT2D eigenvalue weighted by Crippen LogP contribution is -2.62. The molecule has 47 heavy (non-hydrogen) atoms. The van der Waals surface area contributed by atoms with Crippen LogP contribution in [-0.4, -0.2) is 92.9 Å². The summed E-state index contributed by atoms with van der Waals surface area (Å²) in [5.41, 5.74) is 0.950. The molecule has 0 bridgehead atoms. The van der Waals surface area contributed by atoms with E-state index in [1.165, 1.54) is 12.1 Å². The first-order chi connectivity index (χ1) is 22.3. The van der Waals surface area contributed by atoms with Crippen molar-refractivity contribution in [3.05, 3.63) is 47.5 Å². The third kappa shape index (κ3) is 8.77. The van der Waals surface area contributed by atoms with Gasteiger partial charge in [-0.15, -0.1) is 0 Å². The Labute approximate surface area is 278 Å². The summed E-state index contributed by atoms with van der Waals surface area (Å²) in [5.74, 6) is -1.67. The number of aliphatic hydroxyl groups is 1. The summed E-state index contributed by atoms with van der Waals surface area (Å²) in [6.45, 7) is 13.7. The molecule has 2 aliphatic rings. The van der Waals surface area contributed by atoms with Crippen molar-refractivity contribution in [3.63, 3.8) is 0 Å². The Hall–Kier alpha value is -3.35. The van der Waals surface area contributed by atoms with Crippen LogP contribution in [0.1, 0.15) is 95.6 Å². The molecule has 6 atom stereocenters. The van der Waals surface area contributed by atoms with E-state index in [1.807, 2.05) is 18.7 Å². The molecule has 2 aromatic rings. The highest BCUT2D eigenvalue weighted by molar-refractivity contribution is 6.00. The summed E-state index contributed by atoms with van der Waals surface area (Å²) >= 11 is 0. The van der Waals surface area contributed by atoms with E-state index in [0.717, 1.165) is 25.7 Å². The maximum Gasteiger partial charge on any atom is 0.270 e. The number of anilines is 1. The second kappa shape index (κ2) is 16.2. The largest absolute Gasteiger partial charge is 0.376 e. The lowest BCUT2D eigenvalue weighted by atomic mass is 9.79. The first kappa shape index (κ1) is 36.5. The van der Waals surface area contributed by atoms with Gasteiger partial charge in [-0.2, -0.15) is 5.10 Å². The molecule has 2 heterocycles. The van der Waals surface area contributed by atoms with Gasteiger partial charge in [0.25, 0.3) is 5.91 Å².